The molecule has 6 heteroatoms. The molecule has 1 amide bonds. The molecule has 2 aliphatic heterocycles. The zero-order valence-electron chi connectivity index (χ0n) is 14.4. The summed E-state index contributed by atoms with van der Waals surface area (Å²) in [5.41, 5.74) is 2.46. The van der Waals surface area contributed by atoms with E-state index in [0.29, 0.717) is 31.7 Å². The summed E-state index contributed by atoms with van der Waals surface area (Å²) in [6, 6.07) is 9.50. The first-order chi connectivity index (χ1) is 12.8. The van der Waals surface area contributed by atoms with E-state index in [1.54, 1.807) is 6.20 Å². The van der Waals surface area contributed by atoms with Crippen molar-refractivity contribution in [1.29, 1.82) is 0 Å². The highest BCUT2D eigenvalue weighted by atomic mass is 16.5. The van der Waals surface area contributed by atoms with Crippen molar-refractivity contribution < 1.29 is 13.9 Å². The normalized spacial score (nSPS) is 19.7. The smallest absolute Gasteiger partial charge is 0.254 e. The van der Waals surface area contributed by atoms with Crippen molar-refractivity contribution in [3.05, 3.63) is 59.4 Å². The van der Waals surface area contributed by atoms with Crippen LogP contribution in [0.5, 0.6) is 0 Å². The maximum atomic E-state index is 12.9. The molecule has 0 saturated carbocycles. The van der Waals surface area contributed by atoms with Crippen molar-refractivity contribution in [2.24, 2.45) is 0 Å². The largest absolute Gasteiger partial charge is 0.445 e. The Morgan fingerprint density at radius 2 is 2.23 bits per heavy atom. The molecule has 6 nitrogen and oxygen atoms in total. The van der Waals surface area contributed by atoms with Crippen LogP contribution in [0.3, 0.4) is 0 Å². The number of carbonyl (C=O) groups is 1. The van der Waals surface area contributed by atoms with Gasteiger partial charge in [0.2, 0.25) is 0 Å². The summed E-state index contributed by atoms with van der Waals surface area (Å²) >= 11 is 0. The summed E-state index contributed by atoms with van der Waals surface area (Å²) in [4.78, 5) is 23.8. The summed E-state index contributed by atoms with van der Waals surface area (Å²) in [5, 5.41) is 0.973. The number of rotatable bonds is 2. The topological polar surface area (TPSA) is 68.5 Å². The van der Waals surface area contributed by atoms with Crippen LogP contribution >= 0.6 is 0 Å². The lowest BCUT2D eigenvalue weighted by molar-refractivity contribution is 0.0728. The first kappa shape index (κ1) is 15.5. The first-order valence-electron chi connectivity index (χ1n) is 8.98. The zero-order valence-corrected chi connectivity index (χ0v) is 14.4. The Morgan fingerprint density at radius 1 is 1.27 bits per heavy atom. The second-order valence-corrected chi connectivity index (χ2v) is 6.87. The van der Waals surface area contributed by atoms with Gasteiger partial charge in [-0.3, -0.25) is 9.78 Å². The molecule has 1 aromatic carbocycles. The van der Waals surface area contributed by atoms with Crippen LogP contribution in [0.4, 0.5) is 0 Å². The molecule has 3 aromatic rings. The quantitative estimate of drug-likeness (QED) is 0.711. The summed E-state index contributed by atoms with van der Waals surface area (Å²) in [7, 11) is 0. The maximum absolute atomic E-state index is 12.9. The van der Waals surface area contributed by atoms with Crippen molar-refractivity contribution in [3.8, 4) is 0 Å². The van der Waals surface area contributed by atoms with Gasteiger partial charge in [-0.05, 0) is 30.7 Å². The Morgan fingerprint density at radius 3 is 3.12 bits per heavy atom. The number of ether oxygens (including phenoxy) is 1. The van der Waals surface area contributed by atoms with Gasteiger partial charge in [-0.25, -0.2) is 4.98 Å². The second kappa shape index (κ2) is 6.21. The van der Waals surface area contributed by atoms with E-state index in [-0.39, 0.29) is 11.8 Å². The van der Waals surface area contributed by atoms with Gasteiger partial charge < -0.3 is 14.1 Å². The number of benzene rings is 1. The van der Waals surface area contributed by atoms with Gasteiger partial charge in [0.1, 0.15) is 11.5 Å². The van der Waals surface area contributed by atoms with E-state index in [1.807, 2.05) is 35.2 Å². The molecule has 1 fully saturated rings. The van der Waals surface area contributed by atoms with Gasteiger partial charge in [0.25, 0.3) is 5.91 Å². The summed E-state index contributed by atoms with van der Waals surface area (Å²) in [6.07, 6.45) is 3.41. The summed E-state index contributed by atoms with van der Waals surface area (Å²) in [5.74, 6) is 1.95. The van der Waals surface area contributed by atoms with Gasteiger partial charge in [0.15, 0.2) is 5.89 Å². The van der Waals surface area contributed by atoms with E-state index >= 15 is 0 Å². The molecule has 1 unspecified atom stereocenters. The average molecular weight is 349 g/mol. The Labute approximate surface area is 150 Å². The molecule has 0 N–H and O–H groups in total. The molecule has 0 aliphatic carbocycles. The van der Waals surface area contributed by atoms with Gasteiger partial charge in [0, 0.05) is 36.7 Å². The third-order valence-corrected chi connectivity index (χ3v) is 5.16. The van der Waals surface area contributed by atoms with E-state index in [9.17, 15) is 4.79 Å². The third-order valence-electron chi connectivity index (χ3n) is 5.16. The summed E-state index contributed by atoms with van der Waals surface area (Å²) < 4.78 is 11.4. The number of oxazole rings is 1. The van der Waals surface area contributed by atoms with Crippen LogP contribution in [-0.4, -0.2) is 40.5 Å². The van der Waals surface area contributed by atoms with E-state index in [4.69, 9.17) is 9.15 Å². The number of nitrogens with zero attached hydrogens (tertiary/aromatic N) is 3. The Hall–Kier alpha value is -2.73. The number of amides is 1. The van der Waals surface area contributed by atoms with Crippen LogP contribution in [-0.2, 0) is 17.7 Å². The number of fused-ring (bicyclic) bond motifs is 2. The van der Waals surface area contributed by atoms with Crippen LogP contribution in [0.15, 0.2) is 40.9 Å². The SMILES string of the molecule is O=C(c1ccc2ncccc2c1)N1CCc2oc(C3CCOC3)nc2C1. The van der Waals surface area contributed by atoms with Gasteiger partial charge in [-0.15, -0.1) is 0 Å². The van der Waals surface area contributed by atoms with Crippen LogP contribution in [0.2, 0.25) is 0 Å². The molecule has 0 spiro atoms. The van der Waals surface area contributed by atoms with Crippen LogP contribution in [0.1, 0.15) is 40.0 Å². The van der Waals surface area contributed by atoms with Gasteiger partial charge >= 0.3 is 0 Å². The van der Waals surface area contributed by atoms with Gasteiger partial charge in [-0.2, -0.15) is 0 Å². The molecular formula is C20H19N3O3. The first-order valence-corrected chi connectivity index (χ1v) is 8.98. The standard InChI is InChI=1S/C20H19N3O3/c24-20(14-3-4-16-13(10-14)2-1-7-21-16)23-8-5-18-17(11-23)22-19(26-18)15-6-9-25-12-15/h1-4,7,10,15H,5-6,8-9,11-12H2. The maximum Gasteiger partial charge on any atom is 0.254 e. The van der Waals surface area contributed by atoms with Crippen molar-refractivity contribution in [2.75, 3.05) is 19.8 Å². The Balaban J connectivity index is 1.38. The fourth-order valence-electron chi connectivity index (χ4n) is 3.69. The minimum atomic E-state index is 0.0233. The Kier molecular flexibility index (Phi) is 3.71. The zero-order chi connectivity index (χ0) is 17.5. The highest BCUT2D eigenvalue weighted by Crippen LogP contribution is 2.29. The van der Waals surface area contributed by atoms with Crippen molar-refractivity contribution >= 4 is 16.8 Å². The van der Waals surface area contributed by atoms with Crippen molar-refractivity contribution in [2.45, 2.75) is 25.3 Å². The van der Waals surface area contributed by atoms with Crippen LogP contribution < -0.4 is 0 Å². The lowest BCUT2D eigenvalue weighted by atomic mass is 10.1. The fraction of sp³-hybridized carbons (Fsp3) is 0.350. The Bertz CT molecular complexity index is 975. The molecule has 26 heavy (non-hydrogen) atoms. The van der Waals surface area contributed by atoms with Gasteiger partial charge in [0.05, 0.1) is 24.6 Å². The molecule has 1 atom stereocenters. The predicted molar refractivity (Wildman–Crippen MR) is 94.9 cm³/mol. The molecule has 4 heterocycles. The summed E-state index contributed by atoms with van der Waals surface area (Å²) in [6.45, 7) is 2.58. The molecule has 5 rings (SSSR count). The van der Waals surface area contributed by atoms with E-state index < -0.39 is 0 Å². The number of aromatic nitrogens is 2. The molecule has 132 valence electrons. The second-order valence-electron chi connectivity index (χ2n) is 6.87. The lowest BCUT2D eigenvalue weighted by Crippen LogP contribution is -2.35. The number of hydrogen-bond donors (Lipinski definition) is 0. The van der Waals surface area contributed by atoms with E-state index in [1.165, 1.54) is 0 Å². The van der Waals surface area contributed by atoms with Gasteiger partial charge in [-0.1, -0.05) is 6.07 Å². The van der Waals surface area contributed by atoms with Crippen LogP contribution in [0, 0.1) is 0 Å². The minimum Gasteiger partial charge on any atom is -0.445 e. The van der Waals surface area contributed by atoms with Crippen molar-refractivity contribution in [3.63, 3.8) is 0 Å². The average Bonchev–Trinajstić information content (AvgIpc) is 3.35. The van der Waals surface area contributed by atoms with Crippen molar-refractivity contribution in [1.82, 2.24) is 14.9 Å². The predicted octanol–water partition coefficient (Wildman–Crippen LogP) is 2.93. The highest BCUT2D eigenvalue weighted by molar-refractivity contribution is 5.98. The molecule has 2 aromatic heterocycles. The number of carbonyl (C=O) groups excluding carboxylic acids is 1. The fourth-order valence-corrected chi connectivity index (χ4v) is 3.69. The monoisotopic (exact) mass is 349 g/mol. The third kappa shape index (κ3) is 2.66. The highest BCUT2D eigenvalue weighted by Gasteiger charge is 2.29. The molecule has 2 aliphatic rings. The molecular weight excluding hydrogens is 330 g/mol. The van der Waals surface area contributed by atoms with E-state index in [0.717, 1.165) is 41.3 Å². The van der Waals surface area contributed by atoms with E-state index in [2.05, 4.69) is 9.97 Å². The molecule has 0 radical (unpaired) electrons. The number of hydrogen-bond acceptors (Lipinski definition) is 5. The number of pyridine rings is 1. The minimum absolute atomic E-state index is 0.0233. The molecule has 0 bridgehead atoms. The molecule has 1 saturated heterocycles. The van der Waals surface area contributed by atoms with Crippen LogP contribution in [0.25, 0.3) is 10.9 Å². The lowest BCUT2D eigenvalue weighted by Gasteiger charge is -2.25.